The highest BCUT2D eigenvalue weighted by Gasteiger charge is 2.53. The highest BCUT2D eigenvalue weighted by Crippen LogP contribution is 2.43. The molecule has 4 rings (SSSR count). The van der Waals surface area contributed by atoms with Gasteiger partial charge in [-0.1, -0.05) is 48.5 Å². The van der Waals surface area contributed by atoms with E-state index in [1.54, 1.807) is 66.7 Å². The molecule has 3 atom stereocenters. The van der Waals surface area contributed by atoms with Crippen LogP contribution in [-0.2, 0) is 19.4 Å². The van der Waals surface area contributed by atoms with Gasteiger partial charge in [-0.3, -0.25) is 4.79 Å². The molecule has 3 aromatic rings. The zero-order valence-electron chi connectivity index (χ0n) is 22.4. The fourth-order valence-corrected chi connectivity index (χ4v) is 5.85. The molecular weight excluding hydrogens is 548 g/mol. The minimum Gasteiger partial charge on any atom is -0.494 e. The summed E-state index contributed by atoms with van der Waals surface area (Å²) in [5.41, 5.74) is -0.536. The van der Waals surface area contributed by atoms with Crippen molar-refractivity contribution in [2.75, 3.05) is 32.1 Å². The molecule has 0 fully saturated rings. The van der Waals surface area contributed by atoms with Gasteiger partial charge in [-0.2, -0.15) is 0 Å². The summed E-state index contributed by atoms with van der Waals surface area (Å²) in [6.07, 6.45) is -1.90. The minimum absolute atomic E-state index is 0.0169. The molecule has 0 radical (unpaired) electrons. The van der Waals surface area contributed by atoms with Gasteiger partial charge in [0.25, 0.3) is 5.91 Å². The Morgan fingerprint density at radius 3 is 2.29 bits per heavy atom. The maximum absolute atomic E-state index is 13.9. The Hall–Kier alpha value is -3.77. The molecule has 0 bridgehead atoms. The third kappa shape index (κ3) is 7.31. The SMILES string of the molecule is O=C(NCC(O)CO)[C@@]1(CCS(=O)(=O)c2ccccc2)N=C(c2ccc(OCCCO)cc2)O[C@H]1c1ccccc1. The Morgan fingerprint density at radius 1 is 1.00 bits per heavy atom. The summed E-state index contributed by atoms with van der Waals surface area (Å²) in [5.74, 6) is -0.304. The van der Waals surface area contributed by atoms with Crippen molar-refractivity contribution in [3.8, 4) is 5.75 Å². The summed E-state index contributed by atoms with van der Waals surface area (Å²) in [6, 6.07) is 23.8. The number of carbonyl (C=O) groups excluding carboxylic acids is 1. The van der Waals surface area contributed by atoms with E-state index in [1.807, 2.05) is 6.07 Å². The number of hydrogen-bond acceptors (Lipinski definition) is 9. The lowest BCUT2D eigenvalue weighted by Crippen LogP contribution is -2.51. The molecule has 0 spiro atoms. The number of hydrogen-bond donors (Lipinski definition) is 4. The largest absolute Gasteiger partial charge is 0.494 e. The van der Waals surface area contributed by atoms with E-state index in [4.69, 9.17) is 19.6 Å². The van der Waals surface area contributed by atoms with Crippen LogP contribution in [0.15, 0.2) is 94.8 Å². The summed E-state index contributed by atoms with van der Waals surface area (Å²) >= 11 is 0. The molecule has 0 aliphatic carbocycles. The van der Waals surface area contributed by atoms with Gasteiger partial charge in [0, 0.05) is 31.6 Å². The smallest absolute Gasteiger partial charge is 0.252 e. The van der Waals surface area contributed by atoms with Gasteiger partial charge in [-0.15, -0.1) is 0 Å². The number of sulfone groups is 1. The maximum Gasteiger partial charge on any atom is 0.252 e. The number of rotatable bonds is 14. The minimum atomic E-state index is -3.79. The molecule has 1 unspecified atom stereocenters. The zero-order valence-corrected chi connectivity index (χ0v) is 23.2. The van der Waals surface area contributed by atoms with Crippen LogP contribution in [0.3, 0.4) is 0 Å². The van der Waals surface area contributed by atoms with Gasteiger partial charge in [0.15, 0.2) is 21.5 Å². The van der Waals surface area contributed by atoms with Crippen LogP contribution in [0.2, 0.25) is 0 Å². The van der Waals surface area contributed by atoms with Crippen molar-refractivity contribution in [3.63, 3.8) is 0 Å². The molecule has 1 aliphatic rings. The maximum atomic E-state index is 13.9. The molecule has 11 heteroatoms. The summed E-state index contributed by atoms with van der Waals surface area (Å²) < 4.78 is 38.5. The average molecular weight is 583 g/mol. The van der Waals surface area contributed by atoms with Crippen molar-refractivity contribution in [2.24, 2.45) is 4.99 Å². The van der Waals surface area contributed by atoms with Crippen LogP contribution in [0, 0.1) is 0 Å². The number of aliphatic hydroxyl groups excluding tert-OH is 3. The summed E-state index contributed by atoms with van der Waals surface area (Å²) in [4.78, 5) is 18.8. The van der Waals surface area contributed by atoms with E-state index in [1.165, 1.54) is 12.1 Å². The van der Waals surface area contributed by atoms with Gasteiger partial charge < -0.3 is 30.1 Å². The summed E-state index contributed by atoms with van der Waals surface area (Å²) in [5, 5.41) is 30.8. The van der Waals surface area contributed by atoms with Crippen LogP contribution >= 0.6 is 0 Å². The normalized spacial score (nSPS) is 19.2. The van der Waals surface area contributed by atoms with E-state index >= 15 is 0 Å². The fourth-order valence-electron chi connectivity index (χ4n) is 4.46. The number of amides is 1. The number of carbonyl (C=O) groups is 1. The van der Waals surface area contributed by atoms with Crippen molar-refractivity contribution in [2.45, 2.75) is 35.5 Å². The van der Waals surface area contributed by atoms with Gasteiger partial charge in [0.2, 0.25) is 5.90 Å². The Balaban J connectivity index is 1.73. The van der Waals surface area contributed by atoms with Gasteiger partial charge in [-0.05, 0) is 42.0 Å². The van der Waals surface area contributed by atoms with Gasteiger partial charge in [0.05, 0.1) is 30.0 Å². The number of nitrogens with one attached hydrogen (secondary N) is 1. The molecule has 1 heterocycles. The Bertz CT molecular complexity index is 1420. The number of nitrogens with zero attached hydrogens (tertiary/aromatic N) is 1. The molecule has 3 aromatic carbocycles. The van der Waals surface area contributed by atoms with Crippen LogP contribution in [0.4, 0.5) is 0 Å². The van der Waals surface area contributed by atoms with Crippen molar-refractivity contribution in [1.82, 2.24) is 5.32 Å². The topological polar surface area (TPSA) is 155 Å². The number of aliphatic hydroxyl groups is 3. The molecular formula is C30H34N2O8S. The first kappa shape index (κ1) is 30.2. The highest BCUT2D eigenvalue weighted by molar-refractivity contribution is 7.91. The molecule has 10 nitrogen and oxygen atoms in total. The molecule has 4 N–H and O–H groups in total. The number of ether oxygens (including phenoxy) is 2. The van der Waals surface area contributed by atoms with Crippen molar-refractivity contribution in [1.29, 1.82) is 0 Å². The predicted octanol–water partition coefficient (Wildman–Crippen LogP) is 2.04. The second kappa shape index (κ2) is 13.7. The molecule has 1 aliphatic heterocycles. The molecule has 218 valence electrons. The van der Waals surface area contributed by atoms with E-state index < -0.39 is 45.9 Å². The number of benzene rings is 3. The lowest BCUT2D eigenvalue weighted by molar-refractivity contribution is -0.129. The van der Waals surface area contributed by atoms with E-state index in [0.29, 0.717) is 29.9 Å². The Labute approximate surface area is 239 Å². The second-order valence-electron chi connectivity index (χ2n) is 9.63. The first-order valence-electron chi connectivity index (χ1n) is 13.3. The third-order valence-electron chi connectivity index (χ3n) is 6.70. The number of aliphatic imine (C=N–C) groups is 1. The lowest BCUT2D eigenvalue weighted by Gasteiger charge is -2.31. The van der Waals surface area contributed by atoms with Crippen LogP contribution in [0.1, 0.15) is 30.1 Å². The van der Waals surface area contributed by atoms with Crippen LogP contribution in [-0.4, -0.2) is 79.3 Å². The molecule has 0 aromatic heterocycles. The Kier molecular flexibility index (Phi) is 10.1. The Morgan fingerprint density at radius 2 is 1.66 bits per heavy atom. The van der Waals surface area contributed by atoms with E-state index in [2.05, 4.69) is 5.32 Å². The summed E-state index contributed by atoms with van der Waals surface area (Å²) in [7, 11) is -3.79. The van der Waals surface area contributed by atoms with Gasteiger partial charge >= 0.3 is 0 Å². The van der Waals surface area contributed by atoms with Crippen molar-refractivity contribution < 1.29 is 38.0 Å². The van der Waals surface area contributed by atoms with Crippen LogP contribution in [0.5, 0.6) is 5.75 Å². The second-order valence-corrected chi connectivity index (χ2v) is 11.7. The van der Waals surface area contributed by atoms with E-state index in [-0.39, 0.29) is 30.4 Å². The van der Waals surface area contributed by atoms with Crippen LogP contribution < -0.4 is 10.1 Å². The van der Waals surface area contributed by atoms with Crippen molar-refractivity contribution in [3.05, 3.63) is 96.1 Å². The highest BCUT2D eigenvalue weighted by atomic mass is 32.2. The molecule has 41 heavy (non-hydrogen) atoms. The first-order chi connectivity index (χ1) is 19.8. The van der Waals surface area contributed by atoms with Gasteiger partial charge in [0.1, 0.15) is 5.75 Å². The van der Waals surface area contributed by atoms with Gasteiger partial charge in [-0.25, -0.2) is 13.4 Å². The standard InChI is InChI=1S/C30H34N2O8S/c33-17-7-18-39-25-14-12-23(13-15-25)28-32-30(29(36)31-20-24(35)21-34,27(40-28)22-8-3-1-4-9-22)16-19-41(37,38)26-10-5-2-6-11-26/h1-6,8-15,24,27,33-35H,7,16-21H2,(H,31,36)/t24?,27-,30-/m0/s1. The quantitative estimate of drug-likeness (QED) is 0.211. The van der Waals surface area contributed by atoms with E-state index in [9.17, 15) is 23.4 Å². The van der Waals surface area contributed by atoms with E-state index in [0.717, 1.165) is 0 Å². The fraction of sp³-hybridized carbons (Fsp3) is 0.333. The zero-order chi connectivity index (χ0) is 29.3. The van der Waals surface area contributed by atoms with Crippen LogP contribution in [0.25, 0.3) is 0 Å². The summed E-state index contributed by atoms with van der Waals surface area (Å²) in [6.45, 7) is -0.449. The van der Waals surface area contributed by atoms with Crippen molar-refractivity contribution >= 4 is 21.6 Å². The third-order valence-corrected chi connectivity index (χ3v) is 8.43. The molecule has 0 saturated heterocycles. The predicted molar refractivity (Wildman–Crippen MR) is 152 cm³/mol. The first-order valence-corrected chi connectivity index (χ1v) is 14.9. The molecule has 1 amide bonds. The lowest BCUT2D eigenvalue weighted by atomic mass is 9.85. The average Bonchev–Trinajstić information content (AvgIpc) is 3.41. The molecule has 0 saturated carbocycles. The monoisotopic (exact) mass is 582 g/mol.